The predicted molar refractivity (Wildman–Crippen MR) is 85.1 cm³/mol. The smallest absolute Gasteiger partial charge is 0.267 e. The van der Waals surface area contributed by atoms with Gasteiger partial charge in [-0.15, -0.1) is 11.3 Å². The van der Waals surface area contributed by atoms with Crippen molar-refractivity contribution in [3.63, 3.8) is 0 Å². The van der Waals surface area contributed by atoms with Crippen LogP contribution in [-0.2, 0) is 9.47 Å². The van der Waals surface area contributed by atoms with Gasteiger partial charge >= 0.3 is 0 Å². The molecule has 6 heteroatoms. The van der Waals surface area contributed by atoms with E-state index in [1.165, 1.54) is 6.42 Å². The maximum atomic E-state index is 12.2. The highest BCUT2D eigenvalue weighted by molar-refractivity contribution is 7.17. The van der Waals surface area contributed by atoms with E-state index in [0.717, 1.165) is 35.9 Å². The summed E-state index contributed by atoms with van der Waals surface area (Å²) in [5, 5.41) is 4.95. The van der Waals surface area contributed by atoms with E-state index in [9.17, 15) is 4.79 Å². The van der Waals surface area contributed by atoms with E-state index in [-0.39, 0.29) is 17.8 Å². The minimum atomic E-state index is -0.372. The van der Waals surface area contributed by atoms with Crippen molar-refractivity contribution < 1.29 is 14.3 Å². The van der Waals surface area contributed by atoms with Gasteiger partial charge in [-0.2, -0.15) is 0 Å². The first-order chi connectivity index (χ1) is 10.7. The highest BCUT2D eigenvalue weighted by Gasteiger charge is 2.42. The molecule has 1 amide bonds. The predicted octanol–water partition coefficient (Wildman–Crippen LogP) is 3.04. The number of hydrogen-bond acceptors (Lipinski definition) is 4. The molecule has 2 aliphatic rings. The van der Waals surface area contributed by atoms with Crippen molar-refractivity contribution in [2.45, 2.75) is 44.0 Å². The van der Waals surface area contributed by atoms with E-state index in [1.54, 1.807) is 11.3 Å². The maximum Gasteiger partial charge on any atom is 0.267 e. The lowest BCUT2D eigenvalue weighted by atomic mass is 9.94. The monoisotopic (exact) mass is 320 g/mol. The Hall–Kier alpha value is -1.37. The molecule has 5 nitrogen and oxygen atoms in total. The molecule has 0 aromatic carbocycles. The van der Waals surface area contributed by atoms with Crippen LogP contribution in [0.5, 0.6) is 0 Å². The second kappa shape index (κ2) is 5.68. The third-order valence-corrected chi connectivity index (χ3v) is 5.37. The summed E-state index contributed by atoms with van der Waals surface area (Å²) in [6.45, 7) is 1.06. The number of hydrogen-bond donors (Lipinski definition) is 2. The number of amides is 1. The summed E-state index contributed by atoms with van der Waals surface area (Å²) in [5.41, 5.74) is 1.62. The molecule has 22 heavy (non-hydrogen) atoms. The SMILES string of the molecule is O=C(NC[C@H]1COC2(CCCCC2)O1)c1cc2sccc2[nH]1. The molecule has 2 N–H and O–H groups in total. The minimum absolute atomic E-state index is 0.0434. The standard InChI is InChI=1S/C16H20N2O3S/c19-15(13-8-14-12(18-13)4-7-22-14)17-9-11-10-20-16(21-11)5-2-1-3-6-16/h4,7-8,11,18H,1-3,5-6,9-10H2,(H,17,19)/t11-/m0/s1. The van der Waals surface area contributed by atoms with Gasteiger partial charge in [0.25, 0.3) is 5.91 Å². The normalized spacial score (nSPS) is 24.1. The third-order valence-electron chi connectivity index (χ3n) is 4.50. The van der Waals surface area contributed by atoms with Crippen LogP contribution in [0, 0.1) is 0 Å². The van der Waals surface area contributed by atoms with Crippen molar-refractivity contribution in [3.8, 4) is 0 Å². The number of carbonyl (C=O) groups excluding carboxylic acids is 1. The van der Waals surface area contributed by atoms with E-state index in [1.807, 2.05) is 17.5 Å². The molecule has 0 bridgehead atoms. The molecule has 1 aliphatic carbocycles. The van der Waals surface area contributed by atoms with Gasteiger partial charge in [-0.25, -0.2) is 0 Å². The second-order valence-electron chi connectivity index (χ2n) is 6.11. The van der Waals surface area contributed by atoms with Gasteiger partial charge in [-0.05, 0) is 30.4 Å². The first-order valence-electron chi connectivity index (χ1n) is 7.90. The van der Waals surface area contributed by atoms with E-state index >= 15 is 0 Å². The molecule has 1 spiro atoms. The number of H-pyrrole nitrogens is 1. The molecule has 0 unspecified atom stereocenters. The summed E-state index contributed by atoms with van der Waals surface area (Å²) < 4.78 is 13.1. The van der Waals surface area contributed by atoms with Crippen molar-refractivity contribution in [1.29, 1.82) is 0 Å². The minimum Gasteiger partial charge on any atom is -0.350 e. The van der Waals surface area contributed by atoms with E-state index in [4.69, 9.17) is 9.47 Å². The quantitative estimate of drug-likeness (QED) is 0.913. The van der Waals surface area contributed by atoms with Crippen molar-refractivity contribution in [2.24, 2.45) is 0 Å². The number of aromatic nitrogens is 1. The molecule has 4 rings (SSSR count). The lowest BCUT2D eigenvalue weighted by Crippen LogP contribution is -2.37. The van der Waals surface area contributed by atoms with Crippen LogP contribution < -0.4 is 5.32 Å². The zero-order chi connectivity index (χ0) is 15.0. The Bertz CT molecular complexity index is 643. The first-order valence-corrected chi connectivity index (χ1v) is 8.78. The fourth-order valence-corrected chi connectivity index (χ4v) is 4.12. The maximum absolute atomic E-state index is 12.2. The van der Waals surface area contributed by atoms with Gasteiger partial charge in [0.15, 0.2) is 5.79 Å². The van der Waals surface area contributed by atoms with Gasteiger partial charge in [-0.1, -0.05) is 6.42 Å². The van der Waals surface area contributed by atoms with Crippen LogP contribution in [-0.4, -0.2) is 35.9 Å². The van der Waals surface area contributed by atoms with E-state index in [0.29, 0.717) is 18.8 Å². The molecule has 1 saturated heterocycles. The third kappa shape index (κ3) is 2.66. The molecular formula is C16H20N2O3S. The number of rotatable bonds is 3. The number of thiophene rings is 1. The first kappa shape index (κ1) is 14.2. The van der Waals surface area contributed by atoms with Crippen LogP contribution in [0.4, 0.5) is 0 Å². The molecule has 2 fully saturated rings. The summed E-state index contributed by atoms with van der Waals surface area (Å²) >= 11 is 1.63. The zero-order valence-electron chi connectivity index (χ0n) is 12.4. The lowest BCUT2D eigenvalue weighted by Gasteiger charge is -2.31. The number of ether oxygens (including phenoxy) is 2. The summed E-state index contributed by atoms with van der Waals surface area (Å²) in [7, 11) is 0. The van der Waals surface area contributed by atoms with Gasteiger partial charge in [-0.3, -0.25) is 4.79 Å². The molecule has 2 aromatic rings. The number of nitrogens with one attached hydrogen (secondary N) is 2. The van der Waals surface area contributed by atoms with Gasteiger partial charge in [0.1, 0.15) is 11.8 Å². The van der Waals surface area contributed by atoms with Gasteiger partial charge < -0.3 is 19.8 Å². The van der Waals surface area contributed by atoms with Crippen LogP contribution in [0.3, 0.4) is 0 Å². The summed E-state index contributed by atoms with van der Waals surface area (Å²) in [4.78, 5) is 15.3. The van der Waals surface area contributed by atoms with Gasteiger partial charge in [0.2, 0.25) is 0 Å². The summed E-state index contributed by atoms with van der Waals surface area (Å²) in [6.07, 6.45) is 5.50. The number of fused-ring (bicyclic) bond motifs is 1. The Morgan fingerprint density at radius 1 is 1.41 bits per heavy atom. The number of aromatic amines is 1. The van der Waals surface area contributed by atoms with Crippen LogP contribution in [0.25, 0.3) is 10.2 Å². The highest BCUT2D eigenvalue weighted by Crippen LogP contribution is 2.37. The fraction of sp³-hybridized carbons (Fsp3) is 0.562. The molecule has 118 valence electrons. The average molecular weight is 320 g/mol. The molecular weight excluding hydrogens is 300 g/mol. The number of carbonyl (C=O) groups is 1. The highest BCUT2D eigenvalue weighted by atomic mass is 32.1. The van der Waals surface area contributed by atoms with Crippen molar-refractivity contribution in [1.82, 2.24) is 10.3 Å². The Balaban J connectivity index is 1.33. The Morgan fingerprint density at radius 3 is 3.09 bits per heavy atom. The molecule has 1 aliphatic heterocycles. The van der Waals surface area contributed by atoms with Crippen LogP contribution >= 0.6 is 11.3 Å². The fourth-order valence-electron chi connectivity index (χ4n) is 3.34. The molecule has 1 saturated carbocycles. The lowest BCUT2D eigenvalue weighted by molar-refractivity contribution is -0.186. The van der Waals surface area contributed by atoms with Crippen molar-refractivity contribution >= 4 is 27.5 Å². The summed E-state index contributed by atoms with van der Waals surface area (Å²) in [6, 6.07) is 3.88. The topological polar surface area (TPSA) is 63.4 Å². The van der Waals surface area contributed by atoms with Crippen molar-refractivity contribution in [2.75, 3.05) is 13.2 Å². The molecule has 0 radical (unpaired) electrons. The second-order valence-corrected chi connectivity index (χ2v) is 7.06. The summed E-state index contributed by atoms with van der Waals surface area (Å²) in [5.74, 6) is -0.459. The molecule has 2 aromatic heterocycles. The Morgan fingerprint density at radius 2 is 2.27 bits per heavy atom. The van der Waals surface area contributed by atoms with Crippen molar-refractivity contribution in [3.05, 3.63) is 23.2 Å². The zero-order valence-corrected chi connectivity index (χ0v) is 13.2. The van der Waals surface area contributed by atoms with E-state index in [2.05, 4.69) is 10.3 Å². The van der Waals surface area contributed by atoms with Crippen LogP contribution in [0.1, 0.15) is 42.6 Å². The Labute approximate surface area is 133 Å². The molecule has 3 heterocycles. The van der Waals surface area contributed by atoms with Crippen LogP contribution in [0.15, 0.2) is 17.5 Å². The largest absolute Gasteiger partial charge is 0.350 e. The van der Waals surface area contributed by atoms with Gasteiger partial charge in [0, 0.05) is 19.4 Å². The van der Waals surface area contributed by atoms with Crippen LogP contribution in [0.2, 0.25) is 0 Å². The molecule has 1 atom stereocenters. The average Bonchev–Trinajstić information content (AvgIpc) is 3.20. The van der Waals surface area contributed by atoms with E-state index < -0.39 is 0 Å². The van der Waals surface area contributed by atoms with Gasteiger partial charge in [0.05, 0.1) is 16.8 Å². The Kier molecular flexibility index (Phi) is 3.68.